The first-order valence-electron chi connectivity index (χ1n) is 7.71. The van der Waals surface area contributed by atoms with Gasteiger partial charge in [0.25, 0.3) is 0 Å². The zero-order valence-corrected chi connectivity index (χ0v) is 15.8. The third-order valence-electron chi connectivity index (χ3n) is 4.10. The summed E-state index contributed by atoms with van der Waals surface area (Å²) < 4.78 is 11.8. The van der Waals surface area contributed by atoms with Crippen LogP contribution in [0.4, 0.5) is 0 Å². The Morgan fingerprint density at radius 2 is 1.91 bits per heavy atom. The van der Waals surface area contributed by atoms with Crippen LogP contribution in [0.25, 0.3) is 0 Å². The highest BCUT2D eigenvalue weighted by Crippen LogP contribution is 2.31. The molecule has 1 N–H and O–H groups in total. The Hall–Kier alpha value is -1.15. The predicted octanol–water partition coefficient (Wildman–Crippen LogP) is 3.15. The zero-order valence-electron chi connectivity index (χ0n) is 13.6. The average molecular weight is 431 g/mol. The zero-order chi connectivity index (χ0) is 17.0. The van der Waals surface area contributed by atoms with Crippen molar-refractivity contribution in [1.82, 2.24) is 5.32 Å². The van der Waals surface area contributed by atoms with Gasteiger partial charge in [0.1, 0.15) is 16.9 Å². The van der Waals surface area contributed by atoms with E-state index < -0.39 is 17.5 Å². The lowest BCUT2D eigenvalue weighted by molar-refractivity contribution is -0.131. The number of hydrogen-bond donors (Lipinski definition) is 1. The van der Waals surface area contributed by atoms with Gasteiger partial charge in [0, 0.05) is 16.4 Å². The number of esters is 2. The fraction of sp³-hybridized carbons (Fsp3) is 0.529. The summed E-state index contributed by atoms with van der Waals surface area (Å²) >= 11 is 2.11. The average Bonchev–Trinajstić information content (AvgIpc) is 2.47. The van der Waals surface area contributed by atoms with E-state index in [1.165, 1.54) is 6.92 Å². The van der Waals surface area contributed by atoms with Crippen LogP contribution in [0.3, 0.4) is 0 Å². The van der Waals surface area contributed by atoms with Gasteiger partial charge in [0.2, 0.25) is 0 Å². The SMILES string of the molecule is CC(=O)Oc1cc(I)ccc1C(=O)OC(C)(C)C1CCNCC1. The maximum atomic E-state index is 12.6. The van der Waals surface area contributed by atoms with E-state index in [1.807, 2.05) is 13.8 Å². The van der Waals surface area contributed by atoms with Crippen LogP contribution in [-0.4, -0.2) is 30.6 Å². The second-order valence-electron chi connectivity index (χ2n) is 6.25. The van der Waals surface area contributed by atoms with Gasteiger partial charge in [-0.15, -0.1) is 0 Å². The molecule has 1 fully saturated rings. The predicted molar refractivity (Wildman–Crippen MR) is 95.6 cm³/mol. The minimum atomic E-state index is -0.560. The van der Waals surface area contributed by atoms with Crippen molar-refractivity contribution in [3.05, 3.63) is 27.3 Å². The van der Waals surface area contributed by atoms with Crippen molar-refractivity contribution >= 4 is 34.5 Å². The highest BCUT2D eigenvalue weighted by atomic mass is 127. The lowest BCUT2D eigenvalue weighted by Gasteiger charge is -2.36. The van der Waals surface area contributed by atoms with E-state index >= 15 is 0 Å². The molecule has 2 rings (SSSR count). The molecule has 0 aliphatic carbocycles. The molecule has 1 heterocycles. The number of hydrogen-bond acceptors (Lipinski definition) is 5. The third kappa shape index (κ3) is 4.91. The van der Waals surface area contributed by atoms with E-state index in [0.29, 0.717) is 5.92 Å². The van der Waals surface area contributed by atoms with E-state index in [0.717, 1.165) is 29.5 Å². The first-order chi connectivity index (χ1) is 10.8. The normalized spacial score (nSPS) is 16.0. The summed E-state index contributed by atoms with van der Waals surface area (Å²) in [5.74, 6) is -0.357. The fourth-order valence-electron chi connectivity index (χ4n) is 2.80. The summed E-state index contributed by atoms with van der Waals surface area (Å²) in [5, 5.41) is 3.31. The van der Waals surface area contributed by atoms with Crippen molar-refractivity contribution in [3.63, 3.8) is 0 Å². The van der Waals surface area contributed by atoms with Crippen molar-refractivity contribution in [2.45, 2.75) is 39.2 Å². The Morgan fingerprint density at radius 1 is 1.26 bits per heavy atom. The molecule has 0 unspecified atom stereocenters. The summed E-state index contributed by atoms with van der Waals surface area (Å²) in [5.41, 5.74) is -0.280. The van der Waals surface area contributed by atoms with Crippen LogP contribution in [0.1, 0.15) is 44.0 Å². The maximum absolute atomic E-state index is 12.6. The number of carbonyl (C=O) groups excluding carboxylic acids is 2. The van der Waals surface area contributed by atoms with Gasteiger partial charge in [0.15, 0.2) is 0 Å². The molecule has 1 saturated heterocycles. The topological polar surface area (TPSA) is 64.6 Å². The number of benzene rings is 1. The molecule has 5 nitrogen and oxygen atoms in total. The van der Waals surface area contributed by atoms with E-state index in [9.17, 15) is 9.59 Å². The lowest BCUT2D eigenvalue weighted by atomic mass is 9.83. The number of ether oxygens (including phenoxy) is 2. The smallest absolute Gasteiger partial charge is 0.342 e. The molecule has 0 aromatic heterocycles. The summed E-state index contributed by atoms with van der Waals surface area (Å²) in [4.78, 5) is 23.8. The molecule has 23 heavy (non-hydrogen) atoms. The Kier molecular flexibility index (Phi) is 6.02. The second kappa shape index (κ2) is 7.61. The van der Waals surface area contributed by atoms with E-state index in [4.69, 9.17) is 9.47 Å². The Morgan fingerprint density at radius 3 is 2.52 bits per heavy atom. The number of carbonyl (C=O) groups is 2. The first-order valence-corrected chi connectivity index (χ1v) is 8.79. The monoisotopic (exact) mass is 431 g/mol. The molecule has 6 heteroatoms. The van der Waals surface area contributed by atoms with Gasteiger partial charge in [-0.25, -0.2) is 4.79 Å². The maximum Gasteiger partial charge on any atom is 0.342 e. The molecule has 0 bridgehead atoms. The van der Waals surface area contributed by atoms with Crippen LogP contribution in [0.5, 0.6) is 5.75 Å². The molecule has 0 radical (unpaired) electrons. The summed E-state index contributed by atoms with van der Waals surface area (Å²) in [6.07, 6.45) is 1.95. The second-order valence-corrected chi connectivity index (χ2v) is 7.50. The quantitative estimate of drug-likeness (QED) is 0.451. The van der Waals surface area contributed by atoms with Crippen molar-refractivity contribution in [1.29, 1.82) is 0 Å². The summed E-state index contributed by atoms with van der Waals surface area (Å²) in [7, 11) is 0. The molecule has 0 atom stereocenters. The largest absolute Gasteiger partial charge is 0.456 e. The van der Waals surface area contributed by atoms with Crippen LogP contribution in [0.2, 0.25) is 0 Å². The van der Waals surface area contributed by atoms with Crippen molar-refractivity contribution < 1.29 is 19.1 Å². The summed E-state index contributed by atoms with van der Waals surface area (Å²) in [6, 6.07) is 5.10. The van der Waals surface area contributed by atoms with Crippen LogP contribution in [0.15, 0.2) is 18.2 Å². The minimum absolute atomic E-state index is 0.246. The summed E-state index contributed by atoms with van der Waals surface area (Å²) in [6.45, 7) is 7.08. The Balaban J connectivity index is 2.17. The number of nitrogens with one attached hydrogen (secondary N) is 1. The van der Waals surface area contributed by atoms with Gasteiger partial charge in [-0.2, -0.15) is 0 Å². The van der Waals surface area contributed by atoms with Gasteiger partial charge < -0.3 is 14.8 Å². The van der Waals surface area contributed by atoms with Gasteiger partial charge in [-0.05, 0) is 80.6 Å². The molecule has 126 valence electrons. The highest BCUT2D eigenvalue weighted by molar-refractivity contribution is 14.1. The molecular weight excluding hydrogens is 409 g/mol. The fourth-order valence-corrected chi connectivity index (χ4v) is 3.26. The first kappa shape index (κ1) is 18.2. The van der Waals surface area contributed by atoms with E-state index in [-0.39, 0.29) is 11.3 Å². The van der Waals surface area contributed by atoms with Gasteiger partial charge in [-0.1, -0.05) is 0 Å². The van der Waals surface area contributed by atoms with E-state index in [1.54, 1.807) is 18.2 Å². The molecule has 1 aromatic rings. The van der Waals surface area contributed by atoms with Gasteiger partial charge >= 0.3 is 11.9 Å². The minimum Gasteiger partial charge on any atom is -0.456 e. The Labute approximate surface area is 150 Å². The van der Waals surface area contributed by atoms with Crippen molar-refractivity contribution in [2.24, 2.45) is 5.92 Å². The van der Waals surface area contributed by atoms with Crippen LogP contribution in [-0.2, 0) is 9.53 Å². The molecule has 1 aliphatic rings. The molecule has 1 aliphatic heterocycles. The number of rotatable bonds is 4. The standard InChI is InChI=1S/C17H22INO4/c1-11(20)22-15-10-13(18)4-5-14(15)16(21)23-17(2,3)12-6-8-19-9-7-12/h4-5,10,12,19H,6-9H2,1-3H3. The van der Waals surface area contributed by atoms with Gasteiger partial charge in [-0.3, -0.25) is 4.79 Å². The molecule has 0 amide bonds. The van der Waals surface area contributed by atoms with Gasteiger partial charge in [0.05, 0.1) is 0 Å². The van der Waals surface area contributed by atoms with E-state index in [2.05, 4.69) is 27.9 Å². The van der Waals surface area contributed by atoms with Crippen molar-refractivity contribution in [2.75, 3.05) is 13.1 Å². The molecule has 0 spiro atoms. The third-order valence-corrected chi connectivity index (χ3v) is 4.77. The Bertz CT molecular complexity index is 594. The lowest BCUT2D eigenvalue weighted by Crippen LogP contribution is -2.42. The van der Waals surface area contributed by atoms with Crippen LogP contribution < -0.4 is 10.1 Å². The molecule has 0 saturated carbocycles. The molecular formula is C17H22INO4. The van der Waals surface area contributed by atoms with Crippen LogP contribution >= 0.6 is 22.6 Å². The number of piperidine rings is 1. The van der Waals surface area contributed by atoms with Crippen LogP contribution in [0, 0.1) is 9.49 Å². The number of halogens is 1. The van der Waals surface area contributed by atoms with Crippen molar-refractivity contribution in [3.8, 4) is 5.75 Å². The highest BCUT2D eigenvalue weighted by Gasteiger charge is 2.35. The molecule has 1 aromatic carbocycles.